The molecule has 146 valence electrons. The minimum Gasteiger partial charge on any atom is -0.493 e. The van der Waals surface area contributed by atoms with E-state index in [2.05, 4.69) is 11.8 Å². The molecule has 1 saturated heterocycles. The zero-order chi connectivity index (χ0) is 19.4. The van der Waals surface area contributed by atoms with E-state index in [0.29, 0.717) is 11.5 Å². The highest BCUT2D eigenvalue weighted by Gasteiger charge is 2.30. The van der Waals surface area contributed by atoms with E-state index in [1.54, 1.807) is 14.2 Å². The molecule has 0 radical (unpaired) electrons. The summed E-state index contributed by atoms with van der Waals surface area (Å²) in [6.07, 6.45) is 1.21. The number of hydrogen-bond acceptors (Lipinski definition) is 4. The van der Waals surface area contributed by atoms with Gasteiger partial charge in [0.15, 0.2) is 11.5 Å². The fraction of sp³-hybridized carbons (Fsp3) is 0.455. The van der Waals surface area contributed by atoms with Crippen molar-refractivity contribution in [1.29, 1.82) is 0 Å². The number of halogens is 1. The van der Waals surface area contributed by atoms with Crippen molar-refractivity contribution in [2.24, 2.45) is 5.92 Å². The lowest BCUT2D eigenvalue weighted by molar-refractivity contribution is 0.0456. The maximum absolute atomic E-state index is 13.1. The van der Waals surface area contributed by atoms with Gasteiger partial charge in [-0.3, -0.25) is 4.90 Å². The number of likely N-dealkylation sites (tertiary alicyclic amines) is 1. The second-order valence-electron chi connectivity index (χ2n) is 7.13. The van der Waals surface area contributed by atoms with Gasteiger partial charge in [-0.05, 0) is 62.5 Å². The zero-order valence-electron chi connectivity index (χ0n) is 16.2. The normalized spacial score (nSPS) is 18.1. The summed E-state index contributed by atoms with van der Waals surface area (Å²) < 4.78 is 24.0. The Morgan fingerprint density at radius 1 is 1.04 bits per heavy atom. The number of aliphatic hydroxyl groups excluding tert-OH is 1. The Morgan fingerprint density at radius 2 is 1.70 bits per heavy atom. The summed E-state index contributed by atoms with van der Waals surface area (Å²) in [7, 11) is 3.20. The molecule has 4 nitrogen and oxygen atoms in total. The smallest absolute Gasteiger partial charge is 0.166 e. The van der Waals surface area contributed by atoms with Crippen LogP contribution in [0.3, 0.4) is 0 Å². The van der Waals surface area contributed by atoms with E-state index >= 15 is 0 Å². The average Bonchev–Trinajstić information content (AvgIpc) is 2.72. The van der Waals surface area contributed by atoms with E-state index < -0.39 is 6.10 Å². The van der Waals surface area contributed by atoms with Crippen molar-refractivity contribution in [1.82, 2.24) is 4.90 Å². The van der Waals surface area contributed by atoms with Crippen LogP contribution < -0.4 is 9.47 Å². The van der Waals surface area contributed by atoms with Gasteiger partial charge in [-0.1, -0.05) is 24.3 Å². The van der Waals surface area contributed by atoms with Crippen molar-refractivity contribution >= 4 is 0 Å². The lowest BCUT2D eigenvalue weighted by Gasteiger charge is -2.38. The Labute approximate surface area is 160 Å². The fourth-order valence-electron chi connectivity index (χ4n) is 3.97. The predicted octanol–water partition coefficient (Wildman–Crippen LogP) is 4.35. The van der Waals surface area contributed by atoms with E-state index in [1.807, 2.05) is 30.3 Å². The molecule has 1 N–H and O–H groups in total. The maximum Gasteiger partial charge on any atom is 0.166 e. The molecule has 1 fully saturated rings. The number of para-hydroxylation sites is 1. The van der Waals surface area contributed by atoms with Crippen molar-refractivity contribution in [3.8, 4) is 11.5 Å². The first-order valence-electron chi connectivity index (χ1n) is 9.43. The molecule has 2 aromatic rings. The summed E-state index contributed by atoms with van der Waals surface area (Å²) in [5, 5.41) is 11.0. The molecule has 1 heterocycles. The molecule has 5 heteroatoms. The van der Waals surface area contributed by atoms with Crippen LogP contribution >= 0.6 is 0 Å². The Kier molecular flexibility index (Phi) is 6.34. The van der Waals surface area contributed by atoms with E-state index in [4.69, 9.17) is 9.47 Å². The van der Waals surface area contributed by atoms with Crippen molar-refractivity contribution in [2.75, 3.05) is 27.3 Å². The largest absolute Gasteiger partial charge is 0.493 e. The van der Waals surface area contributed by atoms with Gasteiger partial charge in [0.05, 0.1) is 20.3 Å². The number of piperidine rings is 1. The minimum atomic E-state index is -0.585. The van der Waals surface area contributed by atoms with Gasteiger partial charge >= 0.3 is 0 Å². The molecular weight excluding hydrogens is 345 g/mol. The summed E-state index contributed by atoms with van der Waals surface area (Å²) in [5.41, 5.74) is 1.90. The van der Waals surface area contributed by atoms with E-state index in [-0.39, 0.29) is 17.8 Å². The predicted molar refractivity (Wildman–Crippen MR) is 104 cm³/mol. The third-order valence-corrected chi connectivity index (χ3v) is 5.67. The molecule has 0 aromatic heterocycles. The van der Waals surface area contributed by atoms with Crippen LogP contribution in [0.15, 0.2) is 42.5 Å². The Morgan fingerprint density at radius 3 is 2.30 bits per heavy atom. The van der Waals surface area contributed by atoms with Crippen LogP contribution in [0, 0.1) is 11.7 Å². The van der Waals surface area contributed by atoms with Crippen molar-refractivity contribution in [2.45, 2.75) is 31.9 Å². The highest BCUT2D eigenvalue weighted by atomic mass is 19.1. The summed E-state index contributed by atoms with van der Waals surface area (Å²) in [6.45, 7) is 3.94. The zero-order valence-corrected chi connectivity index (χ0v) is 16.2. The Hall–Kier alpha value is -2.11. The van der Waals surface area contributed by atoms with Gasteiger partial charge in [-0.15, -0.1) is 0 Å². The summed E-state index contributed by atoms with van der Waals surface area (Å²) in [6, 6.07) is 12.6. The number of methoxy groups -OCH3 is 2. The molecule has 0 amide bonds. The van der Waals surface area contributed by atoms with Crippen LogP contribution in [0.2, 0.25) is 0 Å². The highest BCUT2D eigenvalue weighted by Crippen LogP contribution is 2.40. The van der Waals surface area contributed by atoms with E-state index in [1.165, 1.54) is 12.1 Å². The first kappa shape index (κ1) is 19.6. The van der Waals surface area contributed by atoms with Gasteiger partial charge in [0.2, 0.25) is 0 Å². The van der Waals surface area contributed by atoms with Crippen LogP contribution in [0.5, 0.6) is 11.5 Å². The third-order valence-electron chi connectivity index (χ3n) is 5.67. The molecule has 2 unspecified atom stereocenters. The molecule has 0 saturated carbocycles. The van der Waals surface area contributed by atoms with Crippen molar-refractivity contribution in [3.63, 3.8) is 0 Å². The quantitative estimate of drug-likeness (QED) is 0.817. The van der Waals surface area contributed by atoms with Crippen LogP contribution in [-0.2, 0) is 0 Å². The highest BCUT2D eigenvalue weighted by molar-refractivity contribution is 5.47. The van der Waals surface area contributed by atoms with Crippen LogP contribution in [-0.4, -0.2) is 37.3 Å². The number of ether oxygens (including phenoxy) is 2. The SMILES string of the molecule is COc1cccc(C(O)C2CCN(C(C)c3ccc(F)cc3)CC2)c1OC. The summed E-state index contributed by atoms with van der Waals surface area (Å²) >= 11 is 0. The number of benzene rings is 2. The fourth-order valence-corrected chi connectivity index (χ4v) is 3.97. The molecule has 1 aliphatic heterocycles. The second kappa shape index (κ2) is 8.72. The molecule has 2 atom stereocenters. The summed E-state index contributed by atoms with van der Waals surface area (Å²) in [4.78, 5) is 2.39. The first-order valence-corrected chi connectivity index (χ1v) is 9.43. The Balaban J connectivity index is 1.66. The van der Waals surface area contributed by atoms with Crippen LogP contribution in [0.1, 0.15) is 43.0 Å². The number of aliphatic hydroxyl groups is 1. The topological polar surface area (TPSA) is 41.9 Å². The second-order valence-corrected chi connectivity index (χ2v) is 7.13. The van der Waals surface area contributed by atoms with Crippen molar-refractivity contribution in [3.05, 3.63) is 59.4 Å². The van der Waals surface area contributed by atoms with Gasteiger partial charge in [0.25, 0.3) is 0 Å². The molecule has 0 bridgehead atoms. The van der Waals surface area contributed by atoms with Gasteiger partial charge in [0.1, 0.15) is 5.82 Å². The van der Waals surface area contributed by atoms with Crippen molar-refractivity contribution < 1.29 is 19.0 Å². The van der Waals surface area contributed by atoms with Gasteiger partial charge < -0.3 is 14.6 Å². The maximum atomic E-state index is 13.1. The van der Waals surface area contributed by atoms with Crippen LogP contribution in [0.4, 0.5) is 4.39 Å². The van der Waals surface area contributed by atoms with Gasteiger partial charge in [-0.25, -0.2) is 4.39 Å². The number of rotatable bonds is 6. The average molecular weight is 373 g/mol. The number of hydrogen-bond donors (Lipinski definition) is 1. The molecule has 1 aliphatic rings. The molecular formula is C22H28FNO3. The van der Waals surface area contributed by atoms with Gasteiger partial charge in [-0.2, -0.15) is 0 Å². The monoisotopic (exact) mass is 373 g/mol. The third kappa shape index (κ3) is 4.25. The lowest BCUT2D eigenvalue weighted by Crippen LogP contribution is -2.37. The van der Waals surface area contributed by atoms with Crippen LogP contribution in [0.25, 0.3) is 0 Å². The molecule has 2 aromatic carbocycles. The molecule has 3 rings (SSSR count). The number of nitrogens with zero attached hydrogens (tertiary/aromatic N) is 1. The molecule has 27 heavy (non-hydrogen) atoms. The molecule has 0 spiro atoms. The molecule has 0 aliphatic carbocycles. The van der Waals surface area contributed by atoms with E-state index in [0.717, 1.165) is 37.1 Å². The summed E-state index contributed by atoms with van der Waals surface area (Å²) in [5.74, 6) is 1.20. The minimum absolute atomic E-state index is 0.169. The first-order chi connectivity index (χ1) is 13.0. The van der Waals surface area contributed by atoms with E-state index in [9.17, 15) is 9.50 Å². The lowest BCUT2D eigenvalue weighted by atomic mass is 9.86. The standard InChI is InChI=1S/C22H28FNO3/c1-15(16-7-9-18(23)10-8-16)24-13-11-17(12-14-24)21(25)19-5-4-6-20(26-2)22(19)27-3/h4-10,15,17,21,25H,11-14H2,1-3H3. The van der Waals surface area contributed by atoms with Gasteiger partial charge in [0, 0.05) is 11.6 Å². The Bertz CT molecular complexity index is 742.